The summed E-state index contributed by atoms with van der Waals surface area (Å²) >= 11 is 0. The second-order valence-electron chi connectivity index (χ2n) is 7.72. The molecule has 0 aromatic carbocycles. The van der Waals surface area contributed by atoms with Crippen molar-refractivity contribution in [3.63, 3.8) is 0 Å². The van der Waals surface area contributed by atoms with Crippen LogP contribution in [0.25, 0.3) is 12.7 Å². The zero-order valence-corrected chi connectivity index (χ0v) is 19.2. The van der Waals surface area contributed by atoms with Gasteiger partial charge in [0.05, 0.1) is 17.2 Å². The summed E-state index contributed by atoms with van der Waals surface area (Å²) in [5.41, 5.74) is 1.56. The number of hydrogen-bond donors (Lipinski definition) is 2. The molecule has 4 rings (SSSR count). The van der Waals surface area contributed by atoms with Crippen molar-refractivity contribution in [2.75, 3.05) is 18.9 Å². The fraction of sp³-hybridized carbons (Fsp3) is 0.625. The van der Waals surface area contributed by atoms with E-state index in [1.165, 1.54) is 31.4 Å². The van der Waals surface area contributed by atoms with E-state index < -0.39 is 0 Å². The molecule has 5 heteroatoms. The first-order valence-corrected chi connectivity index (χ1v) is 11.4. The van der Waals surface area contributed by atoms with Crippen LogP contribution < -0.4 is 21.9 Å². The number of nitrogens with two attached hydrogens (primary N) is 1. The highest BCUT2D eigenvalue weighted by Gasteiger charge is 2.58. The first-order chi connectivity index (χ1) is 14.1. The lowest BCUT2D eigenvalue weighted by molar-refractivity contribution is 0.106. The molecule has 2 unspecified atom stereocenters. The van der Waals surface area contributed by atoms with Crippen LogP contribution in [0.2, 0.25) is 0 Å². The Morgan fingerprint density at radius 1 is 1.17 bits per heavy atom. The van der Waals surface area contributed by atoms with E-state index in [1.54, 1.807) is 4.68 Å². The van der Waals surface area contributed by atoms with Gasteiger partial charge in [0.25, 0.3) is 0 Å². The fourth-order valence-electron chi connectivity index (χ4n) is 5.02. The van der Waals surface area contributed by atoms with Gasteiger partial charge < -0.3 is 16.1 Å². The van der Waals surface area contributed by atoms with Crippen LogP contribution in [0.15, 0.2) is 24.4 Å². The average Bonchev–Trinajstić information content (AvgIpc) is 3.15. The van der Waals surface area contributed by atoms with Crippen LogP contribution >= 0.6 is 0 Å². The maximum Gasteiger partial charge on any atom is 0.147 e. The number of hydrogen-bond acceptors (Lipinski definition) is 4. The van der Waals surface area contributed by atoms with E-state index in [2.05, 4.69) is 23.4 Å². The Kier molecular flexibility index (Phi) is 8.14. The molecule has 1 aromatic heterocycles. The fourth-order valence-corrected chi connectivity index (χ4v) is 5.02. The Bertz CT molecular complexity index is 815. The Balaban J connectivity index is 0.000000707. The maximum absolute atomic E-state index is 6.26. The molecule has 0 bridgehead atoms. The molecule has 0 amide bonds. The van der Waals surface area contributed by atoms with Crippen molar-refractivity contribution in [2.45, 2.75) is 72.9 Å². The molecule has 162 valence electrons. The summed E-state index contributed by atoms with van der Waals surface area (Å²) in [6.45, 7) is 21.5. The number of rotatable bonds is 3. The van der Waals surface area contributed by atoms with E-state index in [0.29, 0.717) is 6.04 Å². The summed E-state index contributed by atoms with van der Waals surface area (Å²) < 4.78 is 1.64. The van der Waals surface area contributed by atoms with E-state index in [0.717, 1.165) is 42.1 Å². The third-order valence-corrected chi connectivity index (χ3v) is 6.51. The monoisotopic (exact) mass is 399 g/mol. The number of aromatic nitrogens is 2. The van der Waals surface area contributed by atoms with E-state index in [-0.39, 0.29) is 5.41 Å². The van der Waals surface area contributed by atoms with Crippen molar-refractivity contribution >= 4 is 12.7 Å². The predicted octanol–water partition coefficient (Wildman–Crippen LogP) is 2.89. The van der Waals surface area contributed by atoms with Crippen molar-refractivity contribution < 1.29 is 0 Å². The summed E-state index contributed by atoms with van der Waals surface area (Å²) in [7, 11) is 0. The van der Waals surface area contributed by atoms with Gasteiger partial charge in [0.1, 0.15) is 5.82 Å². The zero-order valence-electron chi connectivity index (χ0n) is 19.2. The minimum Gasteiger partial charge on any atom is -0.364 e. The average molecular weight is 400 g/mol. The maximum atomic E-state index is 6.26. The molecule has 3 heterocycles. The van der Waals surface area contributed by atoms with E-state index in [9.17, 15) is 0 Å². The van der Waals surface area contributed by atoms with Crippen LogP contribution in [0.3, 0.4) is 0 Å². The highest BCUT2D eigenvalue weighted by atomic mass is 15.4. The number of nitrogen functional groups attached to an aromatic ring is 1. The van der Waals surface area contributed by atoms with E-state index in [4.69, 9.17) is 10.8 Å². The molecule has 29 heavy (non-hydrogen) atoms. The van der Waals surface area contributed by atoms with Crippen LogP contribution in [-0.2, 0) is 6.54 Å². The van der Waals surface area contributed by atoms with Gasteiger partial charge in [-0.15, -0.1) is 0 Å². The van der Waals surface area contributed by atoms with Gasteiger partial charge >= 0.3 is 0 Å². The molecule has 2 saturated heterocycles. The van der Waals surface area contributed by atoms with Gasteiger partial charge in [0.15, 0.2) is 0 Å². The molecule has 1 spiro atoms. The van der Waals surface area contributed by atoms with Crippen molar-refractivity contribution in [1.29, 1.82) is 0 Å². The zero-order chi connectivity index (χ0) is 21.6. The molecule has 5 nitrogen and oxygen atoms in total. The Morgan fingerprint density at radius 3 is 2.41 bits per heavy atom. The summed E-state index contributed by atoms with van der Waals surface area (Å²) in [4.78, 5) is 7.24. The number of imidazole rings is 1. The lowest BCUT2D eigenvalue weighted by atomic mass is 9.65. The third kappa shape index (κ3) is 4.02. The summed E-state index contributed by atoms with van der Waals surface area (Å²) in [5.74, 6) is 7.86. The SMILES string of the molecule is C=C1N(Cc2n/c(=C/C=C\C)c(=C)n2N)C2CCCCC2C12CNC2.CC.CC. The van der Waals surface area contributed by atoms with Crippen molar-refractivity contribution in [1.82, 2.24) is 19.9 Å². The summed E-state index contributed by atoms with van der Waals surface area (Å²) in [6.07, 6.45) is 11.2. The van der Waals surface area contributed by atoms with Gasteiger partial charge in [0, 0.05) is 30.2 Å². The Hall–Kier alpha value is -2.01. The van der Waals surface area contributed by atoms with E-state index in [1.807, 2.05) is 52.8 Å². The van der Waals surface area contributed by atoms with Crippen molar-refractivity contribution in [3.8, 4) is 0 Å². The number of fused-ring (bicyclic) bond motifs is 2. The van der Waals surface area contributed by atoms with Gasteiger partial charge in [-0.1, -0.05) is 65.8 Å². The standard InChI is InChI=1S/C20H29N5.2C2H6/c1-4-5-9-17-14(2)25(21)19(23-17)11-24-15(3)20(12-22-13-20)16-8-6-7-10-18(16)24;2*1-2/h4-5,9,16,18,22H,2-3,6-8,10-13,21H2,1H3;2*1-2H3/b5-4-,17-9+;;. The van der Waals surface area contributed by atoms with Gasteiger partial charge in [-0.2, -0.15) is 0 Å². The van der Waals surface area contributed by atoms with Crippen LogP contribution in [0, 0.1) is 11.3 Å². The first kappa shape index (κ1) is 23.3. The highest BCUT2D eigenvalue weighted by Crippen LogP contribution is 2.55. The second kappa shape index (κ2) is 10.1. The quantitative estimate of drug-likeness (QED) is 0.768. The van der Waals surface area contributed by atoms with Crippen LogP contribution in [0.1, 0.15) is 66.1 Å². The molecule has 3 aliphatic rings. The molecule has 2 aliphatic heterocycles. The molecule has 1 saturated carbocycles. The third-order valence-electron chi connectivity index (χ3n) is 6.51. The van der Waals surface area contributed by atoms with Gasteiger partial charge in [-0.25, -0.2) is 9.66 Å². The molecule has 2 atom stereocenters. The number of nitrogens with one attached hydrogen (secondary N) is 1. The van der Waals surface area contributed by atoms with Gasteiger partial charge in [-0.3, -0.25) is 0 Å². The van der Waals surface area contributed by atoms with Crippen LogP contribution in [0.4, 0.5) is 0 Å². The van der Waals surface area contributed by atoms with E-state index >= 15 is 0 Å². The molecule has 0 radical (unpaired) electrons. The summed E-state index contributed by atoms with van der Waals surface area (Å²) in [5, 5.41) is 5.09. The lowest BCUT2D eigenvalue weighted by Gasteiger charge is -2.45. The minimum atomic E-state index is 0.268. The largest absolute Gasteiger partial charge is 0.364 e. The molecule has 3 fully saturated rings. The topological polar surface area (TPSA) is 59.1 Å². The Morgan fingerprint density at radius 2 is 1.83 bits per heavy atom. The minimum absolute atomic E-state index is 0.268. The number of allylic oxidation sites excluding steroid dienone is 2. The van der Waals surface area contributed by atoms with Crippen molar-refractivity contribution in [2.24, 2.45) is 11.3 Å². The smallest absolute Gasteiger partial charge is 0.147 e. The van der Waals surface area contributed by atoms with Crippen molar-refractivity contribution in [3.05, 3.63) is 41.0 Å². The molecular formula is C24H41N5. The molecular weight excluding hydrogens is 358 g/mol. The summed E-state index contributed by atoms with van der Waals surface area (Å²) in [6, 6.07) is 0.580. The molecule has 3 N–H and O–H groups in total. The van der Waals surface area contributed by atoms with Crippen LogP contribution in [0.5, 0.6) is 0 Å². The second-order valence-corrected chi connectivity index (χ2v) is 7.72. The number of likely N-dealkylation sites (tertiary alicyclic amines) is 1. The molecule has 1 aliphatic carbocycles. The van der Waals surface area contributed by atoms with Crippen LogP contribution in [-0.4, -0.2) is 33.7 Å². The molecule has 1 aromatic rings. The lowest BCUT2D eigenvalue weighted by Crippen LogP contribution is -2.57. The van der Waals surface area contributed by atoms with Gasteiger partial charge in [-0.05, 0) is 31.8 Å². The highest BCUT2D eigenvalue weighted by molar-refractivity contribution is 5.35. The van der Waals surface area contributed by atoms with Gasteiger partial charge in [0.2, 0.25) is 0 Å². The first-order valence-electron chi connectivity index (χ1n) is 11.4. The predicted molar refractivity (Wildman–Crippen MR) is 125 cm³/mol. The number of nitrogens with zero attached hydrogens (tertiary/aromatic N) is 3. The normalized spacial score (nSPS) is 25.2. The Labute approximate surface area is 177 Å².